The van der Waals surface area contributed by atoms with Gasteiger partial charge < -0.3 is 9.84 Å². The second-order valence-electron chi connectivity index (χ2n) is 4.50. The molecule has 0 saturated heterocycles. The highest BCUT2D eigenvalue weighted by atomic mass is 16.5. The van der Waals surface area contributed by atoms with Crippen molar-refractivity contribution < 1.29 is 9.84 Å². The minimum absolute atomic E-state index is 0.0524. The summed E-state index contributed by atoms with van der Waals surface area (Å²) < 4.78 is 6.48. The average molecular weight is 294 g/mol. The number of azo groups is 1. The fourth-order valence-electron chi connectivity index (χ4n) is 1.92. The molecule has 1 N–H and O–H groups in total. The van der Waals surface area contributed by atoms with Crippen LogP contribution in [0.25, 0.3) is 5.69 Å². The third kappa shape index (κ3) is 2.80. The summed E-state index contributed by atoms with van der Waals surface area (Å²) in [5, 5.41) is 22.4. The lowest BCUT2D eigenvalue weighted by atomic mass is 10.3. The fraction of sp³-hybridized carbons (Fsp3) is 0.0625. The largest absolute Gasteiger partial charge is 0.497 e. The van der Waals surface area contributed by atoms with Gasteiger partial charge in [-0.15, -0.1) is 5.11 Å². The molecule has 22 heavy (non-hydrogen) atoms. The van der Waals surface area contributed by atoms with Gasteiger partial charge in [-0.3, -0.25) is 0 Å². The van der Waals surface area contributed by atoms with Crippen LogP contribution in [0.1, 0.15) is 0 Å². The fourth-order valence-corrected chi connectivity index (χ4v) is 1.92. The van der Waals surface area contributed by atoms with E-state index < -0.39 is 0 Å². The molecule has 0 aliphatic rings. The van der Waals surface area contributed by atoms with Crippen LogP contribution in [-0.4, -0.2) is 22.0 Å². The van der Waals surface area contributed by atoms with Gasteiger partial charge in [-0.1, -0.05) is 18.2 Å². The predicted molar refractivity (Wildman–Crippen MR) is 82.4 cm³/mol. The van der Waals surface area contributed by atoms with Crippen LogP contribution >= 0.6 is 0 Å². The van der Waals surface area contributed by atoms with E-state index in [2.05, 4.69) is 15.3 Å². The monoisotopic (exact) mass is 294 g/mol. The average Bonchev–Trinajstić information content (AvgIpc) is 2.95. The second kappa shape index (κ2) is 6.09. The molecule has 6 nitrogen and oxygen atoms in total. The molecule has 2 aromatic carbocycles. The summed E-state index contributed by atoms with van der Waals surface area (Å²) in [7, 11) is 1.60. The van der Waals surface area contributed by atoms with Crippen molar-refractivity contribution in [3.63, 3.8) is 0 Å². The molecule has 0 radical (unpaired) electrons. The van der Waals surface area contributed by atoms with Gasteiger partial charge in [0.05, 0.1) is 24.7 Å². The van der Waals surface area contributed by atoms with Gasteiger partial charge >= 0.3 is 0 Å². The van der Waals surface area contributed by atoms with Gasteiger partial charge in [0.1, 0.15) is 5.75 Å². The van der Waals surface area contributed by atoms with Crippen molar-refractivity contribution in [3.8, 4) is 17.3 Å². The molecule has 6 heteroatoms. The van der Waals surface area contributed by atoms with Gasteiger partial charge in [0.25, 0.3) is 0 Å². The number of para-hydroxylation sites is 1. The zero-order chi connectivity index (χ0) is 15.4. The Kier molecular flexibility index (Phi) is 3.82. The summed E-state index contributed by atoms with van der Waals surface area (Å²) in [5.74, 6) is 0.696. The molecule has 0 bridgehead atoms. The number of methoxy groups -OCH3 is 1. The number of ether oxygens (including phenoxy) is 1. The molecule has 110 valence electrons. The van der Waals surface area contributed by atoms with Gasteiger partial charge in [0.15, 0.2) is 5.69 Å². The molecule has 0 atom stereocenters. The van der Waals surface area contributed by atoms with E-state index in [0.717, 1.165) is 11.4 Å². The summed E-state index contributed by atoms with van der Waals surface area (Å²) in [5.41, 5.74) is 1.72. The van der Waals surface area contributed by atoms with E-state index in [0.29, 0.717) is 11.4 Å². The summed E-state index contributed by atoms with van der Waals surface area (Å²) in [6, 6.07) is 16.5. The van der Waals surface area contributed by atoms with Crippen LogP contribution in [0.5, 0.6) is 11.6 Å². The zero-order valence-corrected chi connectivity index (χ0v) is 11.9. The van der Waals surface area contributed by atoms with E-state index in [-0.39, 0.29) is 5.88 Å². The number of aromatic hydroxyl groups is 1. The number of benzene rings is 2. The van der Waals surface area contributed by atoms with Gasteiger partial charge in [-0.25, -0.2) is 0 Å². The Bertz CT molecular complexity index is 780. The molecular formula is C16H14N4O2. The van der Waals surface area contributed by atoms with Crippen molar-refractivity contribution >= 4 is 11.4 Å². The van der Waals surface area contributed by atoms with Gasteiger partial charge in [0.2, 0.25) is 5.88 Å². The summed E-state index contributed by atoms with van der Waals surface area (Å²) >= 11 is 0. The van der Waals surface area contributed by atoms with E-state index in [1.165, 1.54) is 10.9 Å². The highest BCUT2D eigenvalue weighted by Crippen LogP contribution is 2.30. The number of hydrogen-bond donors (Lipinski definition) is 1. The van der Waals surface area contributed by atoms with Crippen molar-refractivity contribution in [1.29, 1.82) is 0 Å². The number of aromatic nitrogens is 2. The topological polar surface area (TPSA) is 72.0 Å². The van der Waals surface area contributed by atoms with E-state index in [1.54, 1.807) is 31.4 Å². The van der Waals surface area contributed by atoms with Gasteiger partial charge in [-0.05, 0) is 36.4 Å². The second-order valence-corrected chi connectivity index (χ2v) is 4.50. The van der Waals surface area contributed by atoms with Crippen LogP contribution in [0.15, 0.2) is 71.0 Å². The molecule has 3 aromatic rings. The zero-order valence-electron chi connectivity index (χ0n) is 11.9. The minimum atomic E-state index is -0.0524. The van der Waals surface area contributed by atoms with Crippen LogP contribution < -0.4 is 4.74 Å². The first-order valence-electron chi connectivity index (χ1n) is 6.66. The number of rotatable bonds is 4. The lowest BCUT2D eigenvalue weighted by Crippen LogP contribution is -1.93. The normalized spacial score (nSPS) is 11.0. The molecular weight excluding hydrogens is 280 g/mol. The molecule has 1 heterocycles. The Labute approximate surface area is 127 Å². The maximum atomic E-state index is 10.2. The SMILES string of the molecule is COc1ccc(N=Nc2cnn(-c3ccccc3)c2O)cc1. The van der Waals surface area contributed by atoms with Crippen LogP contribution in [0.2, 0.25) is 0 Å². The number of nitrogens with zero attached hydrogens (tertiary/aromatic N) is 4. The third-order valence-corrected chi connectivity index (χ3v) is 3.07. The molecule has 0 aliphatic carbocycles. The Morgan fingerprint density at radius 2 is 1.73 bits per heavy atom. The molecule has 0 spiro atoms. The van der Waals surface area contributed by atoms with E-state index in [9.17, 15) is 5.11 Å². The lowest BCUT2D eigenvalue weighted by Gasteiger charge is -2.01. The van der Waals surface area contributed by atoms with Crippen molar-refractivity contribution in [3.05, 3.63) is 60.8 Å². The molecule has 0 saturated carbocycles. The molecule has 3 rings (SSSR count). The Balaban J connectivity index is 1.84. The Morgan fingerprint density at radius 3 is 2.41 bits per heavy atom. The quantitative estimate of drug-likeness (QED) is 0.739. The van der Waals surface area contributed by atoms with Crippen molar-refractivity contribution in [2.45, 2.75) is 0 Å². The third-order valence-electron chi connectivity index (χ3n) is 3.07. The molecule has 1 aromatic heterocycles. The highest BCUT2D eigenvalue weighted by molar-refractivity contribution is 5.50. The number of hydrogen-bond acceptors (Lipinski definition) is 5. The summed E-state index contributed by atoms with van der Waals surface area (Å²) in [6.45, 7) is 0. The van der Waals surface area contributed by atoms with E-state index >= 15 is 0 Å². The first-order chi connectivity index (χ1) is 10.8. The van der Waals surface area contributed by atoms with E-state index in [1.807, 2.05) is 30.3 Å². The predicted octanol–water partition coefficient (Wildman–Crippen LogP) is 4.00. The summed E-state index contributed by atoms with van der Waals surface area (Å²) in [6.07, 6.45) is 1.47. The van der Waals surface area contributed by atoms with Crippen LogP contribution in [0.3, 0.4) is 0 Å². The van der Waals surface area contributed by atoms with Crippen molar-refractivity contribution in [2.24, 2.45) is 10.2 Å². The molecule has 0 aliphatic heterocycles. The maximum absolute atomic E-state index is 10.2. The highest BCUT2D eigenvalue weighted by Gasteiger charge is 2.10. The van der Waals surface area contributed by atoms with Crippen LogP contribution in [0, 0.1) is 0 Å². The smallest absolute Gasteiger partial charge is 0.242 e. The van der Waals surface area contributed by atoms with Crippen LogP contribution in [0.4, 0.5) is 11.4 Å². The van der Waals surface area contributed by atoms with Gasteiger partial charge in [0, 0.05) is 0 Å². The first-order valence-corrected chi connectivity index (χ1v) is 6.66. The van der Waals surface area contributed by atoms with Gasteiger partial charge in [-0.2, -0.15) is 14.9 Å². The van der Waals surface area contributed by atoms with Crippen molar-refractivity contribution in [1.82, 2.24) is 9.78 Å². The standard InChI is InChI=1S/C16H14N4O2/c1-22-14-9-7-12(8-10-14)18-19-15-11-17-20(16(15)21)13-5-3-2-4-6-13/h2-11,21H,1H3. The van der Waals surface area contributed by atoms with E-state index in [4.69, 9.17) is 4.74 Å². The first kappa shape index (κ1) is 13.8. The summed E-state index contributed by atoms with van der Waals surface area (Å²) in [4.78, 5) is 0. The Hall–Kier alpha value is -3.15. The minimum Gasteiger partial charge on any atom is -0.497 e. The molecule has 0 amide bonds. The van der Waals surface area contributed by atoms with Crippen molar-refractivity contribution in [2.75, 3.05) is 7.11 Å². The Morgan fingerprint density at radius 1 is 1.00 bits per heavy atom. The lowest BCUT2D eigenvalue weighted by molar-refractivity contribution is 0.415. The van der Waals surface area contributed by atoms with Crippen LogP contribution in [-0.2, 0) is 0 Å². The maximum Gasteiger partial charge on any atom is 0.242 e. The molecule has 0 fully saturated rings. The molecule has 0 unspecified atom stereocenters.